The Labute approximate surface area is 137 Å². The lowest BCUT2D eigenvalue weighted by Gasteiger charge is -2.20. The van der Waals surface area contributed by atoms with Crippen molar-refractivity contribution in [2.45, 2.75) is 19.4 Å². The van der Waals surface area contributed by atoms with Crippen LogP contribution >= 0.6 is 34.2 Å². The summed E-state index contributed by atoms with van der Waals surface area (Å²) in [6.07, 6.45) is 0.584. The Hall–Kier alpha value is -0.650. The SMILES string of the molecule is CCNC(Cc1cc(Cl)ccc1F)c1ccccc1I. The number of hydrogen-bond acceptors (Lipinski definition) is 1. The topological polar surface area (TPSA) is 12.0 Å². The van der Waals surface area contributed by atoms with Crippen LogP contribution in [0, 0.1) is 9.39 Å². The quantitative estimate of drug-likeness (QED) is 0.695. The van der Waals surface area contributed by atoms with E-state index in [1.165, 1.54) is 15.2 Å². The number of hydrogen-bond donors (Lipinski definition) is 1. The average Bonchev–Trinajstić information content (AvgIpc) is 2.43. The van der Waals surface area contributed by atoms with Crippen molar-refractivity contribution in [2.24, 2.45) is 0 Å². The van der Waals surface area contributed by atoms with E-state index in [1.807, 2.05) is 12.1 Å². The van der Waals surface area contributed by atoms with Gasteiger partial charge in [-0.15, -0.1) is 0 Å². The second-order valence-corrected chi connectivity index (χ2v) is 6.17. The third-order valence-corrected chi connectivity index (χ3v) is 4.38. The average molecular weight is 404 g/mol. The number of rotatable bonds is 5. The third kappa shape index (κ3) is 3.93. The molecule has 2 aromatic rings. The van der Waals surface area contributed by atoms with Gasteiger partial charge >= 0.3 is 0 Å². The zero-order valence-electron chi connectivity index (χ0n) is 11.2. The van der Waals surface area contributed by atoms with Crippen LogP contribution in [-0.2, 0) is 6.42 Å². The Morgan fingerprint density at radius 3 is 2.70 bits per heavy atom. The van der Waals surface area contributed by atoms with Crippen LogP contribution in [0.25, 0.3) is 0 Å². The first kappa shape index (κ1) is 15.7. The van der Waals surface area contributed by atoms with E-state index in [0.29, 0.717) is 17.0 Å². The summed E-state index contributed by atoms with van der Waals surface area (Å²) in [7, 11) is 0. The van der Waals surface area contributed by atoms with Gasteiger partial charge in [-0.25, -0.2) is 4.39 Å². The highest BCUT2D eigenvalue weighted by atomic mass is 127. The van der Waals surface area contributed by atoms with Crippen LogP contribution in [0.2, 0.25) is 5.02 Å². The van der Waals surface area contributed by atoms with E-state index in [4.69, 9.17) is 11.6 Å². The van der Waals surface area contributed by atoms with Crippen LogP contribution in [-0.4, -0.2) is 6.54 Å². The molecule has 106 valence electrons. The maximum Gasteiger partial charge on any atom is 0.126 e. The van der Waals surface area contributed by atoms with Crippen molar-refractivity contribution in [1.29, 1.82) is 0 Å². The van der Waals surface area contributed by atoms with Gasteiger partial charge in [0.1, 0.15) is 5.82 Å². The van der Waals surface area contributed by atoms with E-state index < -0.39 is 0 Å². The van der Waals surface area contributed by atoms with E-state index in [0.717, 1.165) is 6.54 Å². The Bertz CT molecular complexity index is 588. The lowest BCUT2D eigenvalue weighted by atomic mass is 9.98. The molecule has 0 aliphatic rings. The highest BCUT2D eigenvalue weighted by molar-refractivity contribution is 14.1. The molecule has 0 saturated carbocycles. The molecule has 0 aliphatic heterocycles. The normalized spacial score (nSPS) is 12.4. The molecule has 0 bridgehead atoms. The summed E-state index contributed by atoms with van der Waals surface area (Å²) in [6, 6.07) is 13.0. The van der Waals surface area contributed by atoms with Gasteiger partial charge in [-0.05, 0) is 70.9 Å². The molecule has 0 spiro atoms. The highest BCUT2D eigenvalue weighted by Crippen LogP contribution is 2.25. The van der Waals surface area contributed by atoms with Gasteiger partial charge in [-0.3, -0.25) is 0 Å². The summed E-state index contributed by atoms with van der Waals surface area (Å²) in [5, 5.41) is 3.99. The molecule has 2 rings (SSSR count). The van der Waals surface area contributed by atoms with Gasteiger partial charge in [-0.1, -0.05) is 36.7 Å². The second kappa shape index (κ2) is 7.38. The van der Waals surface area contributed by atoms with Crippen molar-refractivity contribution in [3.05, 3.63) is 68.0 Å². The Morgan fingerprint density at radius 1 is 1.25 bits per heavy atom. The summed E-state index contributed by atoms with van der Waals surface area (Å²) >= 11 is 8.28. The number of likely N-dealkylation sites (N-methyl/N-ethyl adjacent to an activating group) is 1. The Kier molecular flexibility index (Phi) is 5.81. The molecule has 1 nitrogen and oxygen atoms in total. The summed E-state index contributed by atoms with van der Waals surface area (Å²) in [5.74, 6) is -0.205. The van der Waals surface area contributed by atoms with Gasteiger partial charge in [0.2, 0.25) is 0 Å². The summed E-state index contributed by atoms with van der Waals surface area (Å²) in [5.41, 5.74) is 1.83. The van der Waals surface area contributed by atoms with E-state index in [9.17, 15) is 4.39 Å². The van der Waals surface area contributed by atoms with Crippen LogP contribution < -0.4 is 5.32 Å². The molecular formula is C16H16ClFIN. The molecule has 20 heavy (non-hydrogen) atoms. The largest absolute Gasteiger partial charge is 0.310 e. The van der Waals surface area contributed by atoms with E-state index in [-0.39, 0.29) is 11.9 Å². The van der Waals surface area contributed by atoms with E-state index >= 15 is 0 Å². The molecule has 0 amide bonds. The van der Waals surface area contributed by atoms with Gasteiger partial charge in [-0.2, -0.15) is 0 Å². The van der Waals surface area contributed by atoms with Gasteiger partial charge in [0.15, 0.2) is 0 Å². The molecule has 2 aromatic carbocycles. The van der Waals surface area contributed by atoms with Crippen molar-refractivity contribution in [3.8, 4) is 0 Å². The van der Waals surface area contributed by atoms with Gasteiger partial charge < -0.3 is 5.32 Å². The van der Waals surface area contributed by atoms with Crippen LogP contribution in [0.3, 0.4) is 0 Å². The lowest BCUT2D eigenvalue weighted by molar-refractivity contribution is 0.526. The minimum absolute atomic E-state index is 0.0843. The Balaban J connectivity index is 2.30. The minimum atomic E-state index is -0.205. The molecule has 0 radical (unpaired) electrons. The molecule has 0 aliphatic carbocycles. The predicted molar refractivity (Wildman–Crippen MR) is 90.7 cm³/mol. The fourth-order valence-electron chi connectivity index (χ4n) is 2.22. The molecule has 0 heterocycles. The van der Waals surface area contributed by atoms with Crippen LogP contribution in [0.4, 0.5) is 4.39 Å². The molecular weight excluding hydrogens is 388 g/mol. The van der Waals surface area contributed by atoms with E-state index in [2.05, 4.69) is 47.0 Å². The summed E-state index contributed by atoms with van der Waals surface area (Å²) in [4.78, 5) is 0. The predicted octanol–water partition coefficient (Wildman–Crippen LogP) is 4.98. The fourth-order valence-corrected chi connectivity index (χ4v) is 3.17. The third-order valence-electron chi connectivity index (χ3n) is 3.16. The first-order valence-electron chi connectivity index (χ1n) is 6.53. The molecule has 0 fully saturated rings. The zero-order valence-corrected chi connectivity index (χ0v) is 14.1. The standard InChI is InChI=1S/C16H16ClFIN/c1-2-20-16(13-5-3-4-6-15(13)19)10-11-9-12(17)7-8-14(11)18/h3-9,16,20H,2,10H2,1H3. The maximum absolute atomic E-state index is 13.9. The van der Waals surface area contributed by atoms with Crippen molar-refractivity contribution in [3.63, 3.8) is 0 Å². The van der Waals surface area contributed by atoms with Crippen molar-refractivity contribution < 1.29 is 4.39 Å². The number of benzene rings is 2. The number of nitrogens with one attached hydrogen (secondary N) is 1. The Morgan fingerprint density at radius 2 is 2.00 bits per heavy atom. The monoisotopic (exact) mass is 403 g/mol. The first-order valence-corrected chi connectivity index (χ1v) is 7.99. The van der Waals surface area contributed by atoms with Crippen molar-refractivity contribution in [1.82, 2.24) is 5.32 Å². The lowest BCUT2D eigenvalue weighted by Crippen LogP contribution is -2.24. The van der Waals surface area contributed by atoms with Crippen LogP contribution in [0.1, 0.15) is 24.1 Å². The first-order chi connectivity index (χ1) is 9.61. The maximum atomic E-state index is 13.9. The van der Waals surface area contributed by atoms with Gasteiger partial charge in [0.05, 0.1) is 0 Å². The summed E-state index contributed by atoms with van der Waals surface area (Å²) in [6.45, 7) is 2.88. The van der Waals surface area contributed by atoms with Crippen LogP contribution in [0.15, 0.2) is 42.5 Å². The molecule has 4 heteroatoms. The zero-order chi connectivity index (χ0) is 14.5. The van der Waals surface area contributed by atoms with Gasteiger partial charge in [0.25, 0.3) is 0 Å². The molecule has 1 atom stereocenters. The van der Waals surface area contributed by atoms with E-state index in [1.54, 1.807) is 12.1 Å². The minimum Gasteiger partial charge on any atom is -0.310 e. The molecule has 0 saturated heterocycles. The molecule has 1 N–H and O–H groups in total. The highest BCUT2D eigenvalue weighted by Gasteiger charge is 2.16. The smallest absolute Gasteiger partial charge is 0.126 e. The second-order valence-electron chi connectivity index (χ2n) is 4.57. The number of halogens is 3. The summed E-state index contributed by atoms with van der Waals surface area (Å²) < 4.78 is 15.1. The molecule has 0 aromatic heterocycles. The fraction of sp³-hybridized carbons (Fsp3) is 0.250. The van der Waals surface area contributed by atoms with Crippen molar-refractivity contribution in [2.75, 3.05) is 6.54 Å². The van der Waals surface area contributed by atoms with Crippen LogP contribution in [0.5, 0.6) is 0 Å². The molecule has 1 unspecified atom stereocenters. The van der Waals surface area contributed by atoms with Crippen molar-refractivity contribution >= 4 is 34.2 Å². The van der Waals surface area contributed by atoms with Gasteiger partial charge in [0, 0.05) is 14.6 Å².